The van der Waals surface area contributed by atoms with Gasteiger partial charge in [0.2, 0.25) is 0 Å². The maximum Gasteiger partial charge on any atom is 0.0425 e. The fourth-order valence-electron chi connectivity index (χ4n) is 5.21. The number of rotatable bonds is 3. The topological polar surface area (TPSA) is 20.2 Å². The molecule has 0 fully saturated rings. The molecule has 0 amide bonds. The fourth-order valence-corrected chi connectivity index (χ4v) is 5.21. The van der Waals surface area contributed by atoms with Gasteiger partial charge in [0.25, 0.3) is 0 Å². The zero-order valence-corrected chi connectivity index (χ0v) is 23.9. The average Bonchev–Trinajstić information content (AvgIpc) is 3.36. The molecule has 0 unspecified atom stereocenters. The molecule has 0 heterocycles. The van der Waals surface area contributed by atoms with Crippen molar-refractivity contribution in [1.29, 1.82) is 0 Å². The van der Waals surface area contributed by atoms with Gasteiger partial charge in [0.15, 0.2) is 0 Å². The van der Waals surface area contributed by atoms with Crippen molar-refractivity contribution >= 4 is 24.8 Å². The minimum Gasteiger partial charge on any atom is -1.00 e. The summed E-state index contributed by atoms with van der Waals surface area (Å²) in [4.78, 5) is 0. The summed E-state index contributed by atoms with van der Waals surface area (Å²) in [6.07, 6.45) is 1.63. The van der Waals surface area contributed by atoms with Gasteiger partial charge in [-0.15, -0.1) is 0 Å². The third-order valence-electron chi connectivity index (χ3n) is 6.42. The van der Waals surface area contributed by atoms with Crippen LogP contribution in [0.15, 0.2) is 84.9 Å². The van der Waals surface area contributed by atoms with Crippen molar-refractivity contribution in [2.45, 2.75) is 26.7 Å². The largest absolute Gasteiger partial charge is 1.00 e. The number of fused-ring (bicyclic) bond motifs is 6. The minimum absolute atomic E-state index is 0. The van der Waals surface area contributed by atoms with E-state index in [0.29, 0.717) is 6.42 Å². The van der Waals surface area contributed by atoms with Gasteiger partial charge in [-0.05, 0) is 29.5 Å². The Balaban J connectivity index is 0.000000533. The summed E-state index contributed by atoms with van der Waals surface area (Å²) in [5.74, 6) is 0. The SMILES string of the molecule is C[C](C)=[Zr+2].OCCc1c(-[c-]2c3ccccc3c3ccccc32)ccc2c1Cc1ccccc1-2.[Cl-].[Cl-]. The van der Waals surface area contributed by atoms with Gasteiger partial charge in [0, 0.05) is 6.61 Å². The molecular weight excluding hydrogens is 550 g/mol. The van der Waals surface area contributed by atoms with Gasteiger partial charge in [0.1, 0.15) is 0 Å². The second-order valence-corrected chi connectivity index (χ2v) is 11.3. The average molecular weight is 578 g/mol. The summed E-state index contributed by atoms with van der Waals surface area (Å²) < 4.78 is 1.51. The van der Waals surface area contributed by atoms with Crippen LogP contribution < -0.4 is 24.8 Å². The van der Waals surface area contributed by atoms with E-state index in [4.69, 9.17) is 0 Å². The second-order valence-electron chi connectivity index (χ2n) is 8.89. The molecule has 1 aliphatic carbocycles. The number of halogens is 2. The van der Waals surface area contributed by atoms with E-state index in [2.05, 4.69) is 98.8 Å². The van der Waals surface area contributed by atoms with E-state index >= 15 is 0 Å². The molecule has 0 bridgehead atoms. The smallest absolute Gasteiger partial charge is 0.0425 e. The second kappa shape index (κ2) is 11.9. The molecular formula is C31H27Cl2OZr-. The van der Waals surface area contributed by atoms with Crippen LogP contribution in [0.25, 0.3) is 43.8 Å². The van der Waals surface area contributed by atoms with Crippen molar-refractivity contribution in [2.75, 3.05) is 6.61 Å². The number of benzene rings is 4. The van der Waals surface area contributed by atoms with Crippen molar-refractivity contribution in [1.82, 2.24) is 0 Å². The molecule has 1 aliphatic rings. The van der Waals surface area contributed by atoms with Crippen molar-refractivity contribution < 1.29 is 54.2 Å². The summed E-state index contributed by atoms with van der Waals surface area (Å²) in [6, 6.07) is 30.6. The van der Waals surface area contributed by atoms with Crippen LogP contribution in [0.5, 0.6) is 0 Å². The number of aliphatic hydroxyl groups is 1. The molecule has 35 heavy (non-hydrogen) atoms. The molecule has 0 saturated carbocycles. The van der Waals surface area contributed by atoms with Crippen molar-refractivity contribution in [3.8, 4) is 22.3 Å². The quantitative estimate of drug-likeness (QED) is 0.314. The van der Waals surface area contributed by atoms with Gasteiger partial charge in [-0.3, -0.25) is 0 Å². The molecule has 0 saturated heterocycles. The van der Waals surface area contributed by atoms with E-state index in [1.807, 2.05) is 0 Å². The van der Waals surface area contributed by atoms with Crippen LogP contribution in [0.2, 0.25) is 0 Å². The molecule has 0 aliphatic heterocycles. The first-order valence-corrected chi connectivity index (χ1v) is 12.7. The van der Waals surface area contributed by atoms with Crippen LogP contribution in [0.3, 0.4) is 0 Å². The molecule has 1 N–H and O–H groups in total. The van der Waals surface area contributed by atoms with E-state index in [9.17, 15) is 5.11 Å². The third kappa shape index (κ3) is 5.14. The first-order valence-electron chi connectivity index (χ1n) is 11.5. The van der Waals surface area contributed by atoms with Crippen LogP contribution in [-0.4, -0.2) is 14.9 Å². The third-order valence-corrected chi connectivity index (χ3v) is 6.42. The molecule has 0 spiro atoms. The Morgan fingerprint density at radius 3 is 1.91 bits per heavy atom. The van der Waals surface area contributed by atoms with Gasteiger partial charge in [-0.2, -0.15) is 0 Å². The Hall–Kier alpha value is -1.96. The van der Waals surface area contributed by atoms with Crippen LogP contribution in [0.1, 0.15) is 30.5 Å². The number of aliphatic hydroxyl groups excluding tert-OH is 1. The molecule has 176 valence electrons. The normalized spacial score (nSPS) is 11.1. The van der Waals surface area contributed by atoms with Gasteiger partial charge in [-0.1, -0.05) is 129 Å². The molecule has 0 aromatic heterocycles. The van der Waals surface area contributed by atoms with Crippen molar-refractivity contribution in [3.63, 3.8) is 0 Å². The Morgan fingerprint density at radius 1 is 0.771 bits per heavy atom. The molecule has 0 radical (unpaired) electrons. The molecule has 0 atom stereocenters. The summed E-state index contributed by atoms with van der Waals surface area (Å²) in [5.41, 5.74) is 9.30. The molecule has 6 rings (SSSR count). The summed E-state index contributed by atoms with van der Waals surface area (Å²) in [7, 11) is 0. The van der Waals surface area contributed by atoms with Crippen LogP contribution in [-0.2, 0) is 37.1 Å². The zero-order chi connectivity index (χ0) is 22.9. The molecule has 5 aromatic carbocycles. The maximum absolute atomic E-state index is 9.92. The van der Waals surface area contributed by atoms with E-state index in [1.54, 1.807) is 24.2 Å². The Morgan fingerprint density at radius 2 is 1.31 bits per heavy atom. The summed E-state index contributed by atoms with van der Waals surface area (Å²) in [5, 5.41) is 15.1. The van der Waals surface area contributed by atoms with Gasteiger partial charge < -0.3 is 29.9 Å². The molecule has 1 nitrogen and oxygen atoms in total. The molecule has 4 heteroatoms. The predicted octanol–water partition coefficient (Wildman–Crippen LogP) is 1.24. The summed E-state index contributed by atoms with van der Waals surface area (Å²) >= 11 is 1.55. The van der Waals surface area contributed by atoms with Crippen LogP contribution >= 0.6 is 0 Å². The Bertz CT molecular complexity index is 1440. The number of hydrogen-bond donors (Lipinski definition) is 1. The Labute approximate surface area is 234 Å². The van der Waals surface area contributed by atoms with Gasteiger partial charge in [0.05, 0.1) is 0 Å². The van der Waals surface area contributed by atoms with E-state index < -0.39 is 0 Å². The monoisotopic (exact) mass is 575 g/mol. The number of hydrogen-bond acceptors (Lipinski definition) is 1. The minimum atomic E-state index is 0. The maximum atomic E-state index is 9.92. The van der Waals surface area contributed by atoms with Gasteiger partial charge in [-0.25, -0.2) is 0 Å². The van der Waals surface area contributed by atoms with E-state index in [1.165, 1.54) is 63.7 Å². The van der Waals surface area contributed by atoms with E-state index in [0.717, 1.165) is 6.42 Å². The van der Waals surface area contributed by atoms with Crippen LogP contribution in [0.4, 0.5) is 0 Å². The van der Waals surface area contributed by atoms with Crippen molar-refractivity contribution in [3.05, 3.63) is 102 Å². The van der Waals surface area contributed by atoms with Crippen LogP contribution in [0, 0.1) is 0 Å². The zero-order valence-electron chi connectivity index (χ0n) is 19.9. The fraction of sp³-hybridized carbons (Fsp3) is 0.161. The first-order chi connectivity index (χ1) is 16.1. The van der Waals surface area contributed by atoms with Crippen molar-refractivity contribution in [2.24, 2.45) is 0 Å². The first kappa shape index (κ1) is 27.6. The van der Waals surface area contributed by atoms with E-state index in [-0.39, 0.29) is 31.4 Å². The Kier molecular flexibility index (Phi) is 9.36. The molecule has 5 aromatic rings. The van der Waals surface area contributed by atoms with Gasteiger partial charge >= 0.3 is 41.3 Å². The predicted molar refractivity (Wildman–Crippen MR) is 138 cm³/mol. The standard InChI is InChI=1S/C28H21O.C3H6.2ClH.Zr/c29-16-15-23-26(14-13-22-19-8-2-1-7-18(19)17-27(22)23)28-24-11-5-3-9-20(24)21-10-4-6-12-25(21)28;1-3-2;;;/h1-14,29H,15-17H2;1-2H3;2*1H;/q-1;;;;+2/p-2. The summed E-state index contributed by atoms with van der Waals surface area (Å²) in [6.45, 7) is 4.41.